The van der Waals surface area contributed by atoms with Crippen molar-refractivity contribution >= 4 is 11.6 Å². The van der Waals surface area contributed by atoms with Gasteiger partial charge in [0.25, 0.3) is 0 Å². The standard InChI is InChI=1S/C27H26ClF2N3O2/c1-18(32-22-9-5-6-10-22)33-26(16-19-7-3-2-4-8-19,25-14-12-21(28)17-31-25)20-11-13-23-24(15-20)35-27(29,30)34-23/h2-4,7-8,11-15,17,22,32-33H,1,5-6,9-10,16H2. The van der Waals surface area contributed by atoms with E-state index in [0.29, 0.717) is 34.6 Å². The molecule has 2 heterocycles. The van der Waals surface area contributed by atoms with Gasteiger partial charge in [0.15, 0.2) is 11.5 Å². The molecule has 1 aromatic heterocycles. The maximum atomic E-state index is 13.8. The Balaban J connectivity index is 1.61. The van der Waals surface area contributed by atoms with E-state index in [1.54, 1.807) is 24.4 Å². The van der Waals surface area contributed by atoms with Crippen LogP contribution >= 0.6 is 11.6 Å². The molecule has 5 nitrogen and oxygen atoms in total. The first kappa shape index (κ1) is 23.4. The number of nitrogens with one attached hydrogen (secondary N) is 2. The number of rotatable bonds is 8. The summed E-state index contributed by atoms with van der Waals surface area (Å²) in [7, 11) is 0. The molecule has 2 N–H and O–H groups in total. The highest BCUT2D eigenvalue weighted by Gasteiger charge is 2.45. The number of benzene rings is 2. The molecule has 0 bridgehead atoms. The maximum absolute atomic E-state index is 13.8. The van der Waals surface area contributed by atoms with E-state index in [0.717, 1.165) is 18.4 Å². The number of aromatic nitrogens is 1. The Labute approximate surface area is 208 Å². The smallest absolute Gasteiger partial charge is 0.395 e. The van der Waals surface area contributed by atoms with E-state index in [-0.39, 0.29) is 11.5 Å². The third-order valence-electron chi connectivity index (χ3n) is 6.47. The Morgan fingerprint density at radius 1 is 1.06 bits per heavy atom. The van der Waals surface area contributed by atoms with Crippen LogP contribution < -0.4 is 20.1 Å². The monoisotopic (exact) mass is 497 g/mol. The Hall–Kier alpha value is -3.32. The molecule has 1 aliphatic heterocycles. The summed E-state index contributed by atoms with van der Waals surface area (Å²) in [6, 6.07) is 18.6. The Kier molecular flexibility index (Phi) is 6.28. The van der Waals surface area contributed by atoms with E-state index in [1.807, 2.05) is 36.4 Å². The van der Waals surface area contributed by atoms with Crippen molar-refractivity contribution in [2.45, 2.75) is 50.0 Å². The first-order valence-electron chi connectivity index (χ1n) is 11.6. The van der Waals surface area contributed by atoms with Gasteiger partial charge in [0.1, 0.15) is 5.54 Å². The van der Waals surface area contributed by atoms with Crippen LogP contribution in [0.5, 0.6) is 11.5 Å². The van der Waals surface area contributed by atoms with Gasteiger partial charge in [0, 0.05) is 18.7 Å². The normalized spacial score (nSPS) is 18.1. The zero-order chi connectivity index (χ0) is 24.5. The number of hydrogen-bond donors (Lipinski definition) is 2. The van der Waals surface area contributed by atoms with Crippen LogP contribution in [0.25, 0.3) is 0 Å². The fraction of sp³-hybridized carbons (Fsp3) is 0.296. The number of fused-ring (bicyclic) bond motifs is 1. The largest absolute Gasteiger partial charge is 0.586 e. The topological polar surface area (TPSA) is 55.4 Å². The van der Waals surface area contributed by atoms with Gasteiger partial charge >= 0.3 is 6.29 Å². The zero-order valence-corrected chi connectivity index (χ0v) is 19.8. The third-order valence-corrected chi connectivity index (χ3v) is 6.69. The molecule has 0 amide bonds. The molecule has 3 aromatic rings. The van der Waals surface area contributed by atoms with E-state index >= 15 is 0 Å². The number of nitrogens with zero attached hydrogens (tertiary/aromatic N) is 1. The van der Waals surface area contributed by atoms with Crippen molar-refractivity contribution in [2.75, 3.05) is 0 Å². The zero-order valence-electron chi connectivity index (χ0n) is 19.1. The van der Waals surface area contributed by atoms with E-state index in [2.05, 4.69) is 26.9 Å². The van der Waals surface area contributed by atoms with Crippen LogP contribution in [0.1, 0.15) is 42.5 Å². The average Bonchev–Trinajstić information content (AvgIpc) is 3.44. The summed E-state index contributed by atoms with van der Waals surface area (Å²) in [6.45, 7) is 4.26. The molecule has 0 spiro atoms. The minimum atomic E-state index is -3.71. The number of ether oxygens (including phenoxy) is 2. The second-order valence-corrected chi connectivity index (χ2v) is 9.42. The van der Waals surface area contributed by atoms with Gasteiger partial charge in [-0.1, -0.05) is 67.4 Å². The molecule has 1 fully saturated rings. The van der Waals surface area contributed by atoms with Crippen molar-refractivity contribution in [3.05, 3.63) is 101 Å². The lowest BCUT2D eigenvalue weighted by molar-refractivity contribution is -0.286. The van der Waals surface area contributed by atoms with Gasteiger partial charge < -0.3 is 20.1 Å². The molecule has 1 unspecified atom stereocenters. The molecule has 5 rings (SSSR count). The fourth-order valence-electron chi connectivity index (χ4n) is 4.88. The van der Waals surface area contributed by atoms with Gasteiger partial charge in [0.2, 0.25) is 0 Å². The van der Waals surface area contributed by atoms with Gasteiger partial charge in [-0.3, -0.25) is 4.98 Å². The Morgan fingerprint density at radius 3 is 2.51 bits per heavy atom. The van der Waals surface area contributed by atoms with Gasteiger partial charge in [-0.05, 0) is 48.2 Å². The number of halogens is 3. The van der Waals surface area contributed by atoms with Crippen LogP contribution in [0.3, 0.4) is 0 Å². The predicted molar refractivity (Wildman–Crippen MR) is 130 cm³/mol. The quantitative estimate of drug-likeness (QED) is 0.392. The van der Waals surface area contributed by atoms with Crippen molar-refractivity contribution in [1.82, 2.24) is 15.6 Å². The summed E-state index contributed by atoms with van der Waals surface area (Å²) in [5.74, 6) is 0.585. The predicted octanol–water partition coefficient (Wildman–Crippen LogP) is 6.14. The lowest BCUT2D eigenvalue weighted by Gasteiger charge is -2.38. The molecule has 1 saturated carbocycles. The van der Waals surface area contributed by atoms with Gasteiger partial charge in [-0.15, -0.1) is 8.78 Å². The van der Waals surface area contributed by atoms with Crippen molar-refractivity contribution in [1.29, 1.82) is 0 Å². The molecule has 2 aromatic carbocycles. The summed E-state index contributed by atoms with van der Waals surface area (Å²) in [6.07, 6.45) is 2.83. The molecule has 1 atom stereocenters. The fourth-order valence-corrected chi connectivity index (χ4v) is 4.99. The SMILES string of the molecule is C=C(NC1CCCC1)NC(Cc1ccccc1)(c1ccc2c(c1)OC(F)(F)O2)c1ccc(Cl)cn1. The van der Waals surface area contributed by atoms with Crippen molar-refractivity contribution < 1.29 is 18.3 Å². The summed E-state index contributed by atoms with van der Waals surface area (Å²) >= 11 is 6.16. The van der Waals surface area contributed by atoms with Crippen LogP contribution in [0, 0.1) is 0 Å². The van der Waals surface area contributed by atoms with Crippen LogP contribution in [0.15, 0.2) is 79.3 Å². The first-order chi connectivity index (χ1) is 16.8. The minimum Gasteiger partial charge on any atom is -0.395 e. The molecule has 2 aliphatic rings. The number of pyridine rings is 1. The highest BCUT2D eigenvalue weighted by atomic mass is 35.5. The van der Waals surface area contributed by atoms with Crippen LogP contribution in [-0.2, 0) is 12.0 Å². The molecule has 35 heavy (non-hydrogen) atoms. The van der Waals surface area contributed by atoms with E-state index in [4.69, 9.17) is 16.3 Å². The maximum Gasteiger partial charge on any atom is 0.586 e. The second kappa shape index (κ2) is 9.38. The summed E-state index contributed by atoms with van der Waals surface area (Å²) < 4.78 is 37.0. The molecule has 1 aliphatic carbocycles. The first-order valence-corrected chi connectivity index (χ1v) is 12.0. The Morgan fingerprint density at radius 2 is 1.80 bits per heavy atom. The molecular formula is C27H26ClF2N3O2. The average molecular weight is 498 g/mol. The molecule has 182 valence electrons. The van der Waals surface area contributed by atoms with E-state index in [9.17, 15) is 8.78 Å². The molecular weight excluding hydrogens is 472 g/mol. The van der Waals surface area contributed by atoms with Crippen LogP contribution in [0.2, 0.25) is 5.02 Å². The molecule has 0 radical (unpaired) electrons. The highest BCUT2D eigenvalue weighted by molar-refractivity contribution is 6.30. The van der Waals surface area contributed by atoms with Crippen molar-refractivity contribution in [3.8, 4) is 11.5 Å². The van der Waals surface area contributed by atoms with Crippen LogP contribution in [-0.4, -0.2) is 17.3 Å². The van der Waals surface area contributed by atoms with E-state index in [1.165, 1.54) is 18.9 Å². The number of alkyl halides is 2. The minimum absolute atomic E-state index is 0.0145. The lowest BCUT2D eigenvalue weighted by Crippen LogP contribution is -2.49. The van der Waals surface area contributed by atoms with Gasteiger partial charge in [-0.2, -0.15) is 0 Å². The summed E-state index contributed by atoms with van der Waals surface area (Å²) in [5, 5.41) is 7.57. The highest BCUT2D eigenvalue weighted by Crippen LogP contribution is 2.44. The van der Waals surface area contributed by atoms with Gasteiger partial charge in [-0.25, -0.2) is 0 Å². The van der Waals surface area contributed by atoms with Crippen molar-refractivity contribution in [2.24, 2.45) is 0 Å². The summed E-state index contributed by atoms with van der Waals surface area (Å²) in [5.41, 5.74) is 1.38. The number of hydrogen-bond acceptors (Lipinski definition) is 5. The Bertz CT molecular complexity index is 1200. The van der Waals surface area contributed by atoms with E-state index < -0.39 is 11.8 Å². The van der Waals surface area contributed by atoms with Gasteiger partial charge in [0.05, 0.1) is 16.5 Å². The van der Waals surface area contributed by atoms with Crippen LogP contribution in [0.4, 0.5) is 8.78 Å². The third kappa shape index (κ3) is 5.05. The second-order valence-electron chi connectivity index (χ2n) is 8.99. The lowest BCUT2D eigenvalue weighted by atomic mass is 9.80. The molecule has 0 saturated heterocycles. The molecule has 8 heteroatoms. The van der Waals surface area contributed by atoms with Crippen molar-refractivity contribution in [3.63, 3.8) is 0 Å². The summed E-state index contributed by atoms with van der Waals surface area (Å²) in [4.78, 5) is 4.65.